The van der Waals surface area contributed by atoms with E-state index in [1.807, 2.05) is 32.0 Å². The van der Waals surface area contributed by atoms with E-state index >= 15 is 0 Å². The zero-order chi connectivity index (χ0) is 20.2. The molecule has 1 unspecified atom stereocenters. The Morgan fingerprint density at radius 3 is 2.15 bits per heavy atom. The largest absolute Gasteiger partial charge is 0.324 e. The number of benzene rings is 2. The molecule has 0 bridgehead atoms. The van der Waals surface area contributed by atoms with E-state index in [1.54, 1.807) is 0 Å². The van der Waals surface area contributed by atoms with Crippen molar-refractivity contribution in [2.45, 2.75) is 39.7 Å². The van der Waals surface area contributed by atoms with Crippen LogP contribution in [-0.4, -0.2) is 26.6 Å². The first-order valence-electron chi connectivity index (χ1n) is 8.85. The van der Waals surface area contributed by atoms with Crippen LogP contribution in [0, 0.1) is 5.82 Å². The summed E-state index contributed by atoms with van der Waals surface area (Å²) in [5.41, 5.74) is 2.78. The zero-order valence-corrected chi connectivity index (χ0v) is 16.8. The Balaban J connectivity index is 2.40. The lowest BCUT2D eigenvalue weighted by Gasteiger charge is -2.28. The molecule has 0 aliphatic heterocycles. The summed E-state index contributed by atoms with van der Waals surface area (Å²) in [5, 5.41) is 2.88. The van der Waals surface area contributed by atoms with Gasteiger partial charge in [-0.15, -0.1) is 0 Å². The third-order valence-electron chi connectivity index (χ3n) is 4.40. The fourth-order valence-electron chi connectivity index (χ4n) is 3.05. The highest BCUT2D eigenvalue weighted by molar-refractivity contribution is 7.92. The lowest BCUT2D eigenvalue weighted by atomic mass is 10.0. The molecule has 2 rings (SSSR count). The van der Waals surface area contributed by atoms with Gasteiger partial charge in [0.1, 0.15) is 11.9 Å². The first-order chi connectivity index (χ1) is 12.7. The maximum atomic E-state index is 13.6. The summed E-state index contributed by atoms with van der Waals surface area (Å²) in [6.07, 6.45) is 2.47. The first kappa shape index (κ1) is 20.9. The Bertz CT molecular complexity index is 906. The van der Waals surface area contributed by atoms with E-state index in [4.69, 9.17) is 0 Å². The van der Waals surface area contributed by atoms with Crippen LogP contribution >= 0.6 is 0 Å². The minimum Gasteiger partial charge on any atom is -0.324 e. The predicted molar refractivity (Wildman–Crippen MR) is 107 cm³/mol. The number of nitrogens with one attached hydrogen (secondary N) is 1. The van der Waals surface area contributed by atoms with E-state index in [2.05, 4.69) is 5.32 Å². The van der Waals surface area contributed by atoms with Crippen molar-refractivity contribution in [3.8, 4) is 0 Å². The molecule has 1 amide bonds. The van der Waals surface area contributed by atoms with Crippen molar-refractivity contribution in [2.24, 2.45) is 0 Å². The second-order valence-corrected chi connectivity index (χ2v) is 8.22. The average molecular weight is 392 g/mol. The van der Waals surface area contributed by atoms with Gasteiger partial charge >= 0.3 is 0 Å². The van der Waals surface area contributed by atoms with E-state index in [1.165, 1.54) is 25.1 Å². The van der Waals surface area contributed by atoms with Crippen LogP contribution in [0.2, 0.25) is 0 Å². The van der Waals surface area contributed by atoms with Crippen LogP contribution in [0.1, 0.15) is 31.9 Å². The van der Waals surface area contributed by atoms with E-state index in [9.17, 15) is 17.6 Å². The summed E-state index contributed by atoms with van der Waals surface area (Å²) >= 11 is 0. The number of amides is 1. The molecule has 0 aliphatic carbocycles. The van der Waals surface area contributed by atoms with Gasteiger partial charge in [0, 0.05) is 5.69 Å². The first-order valence-corrected chi connectivity index (χ1v) is 10.7. The van der Waals surface area contributed by atoms with Crippen molar-refractivity contribution < 1.29 is 17.6 Å². The maximum Gasteiger partial charge on any atom is 0.248 e. The standard InChI is InChI=1S/C20H25FN2O3S/c1-5-15-9-7-10-16(6-2)19(15)22-20(24)14(3)23(27(4,25)26)18-12-8-11-17(21)13-18/h7-14H,5-6H2,1-4H3,(H,22,24). The third-order valence-corrected chi connectivity index (χ3v) is 5.64. The second kappa shape index (κ2) is 8.52. The molecular formula is C20H25FN2O3S. The molecule has 2 aromatic carbocycles. The number of carbonyl (C=O) groups is 1. The Morgan fingerprint density at radius 1 is 1.11 bits per heavy atom. The Morgan fingerprint density at radius 2 is 1.67 bits per heavy atom. The molecule has 0 fully saturated rings. The Labute approximate surface area is 160 Å². The molecule has 0 spiro atoms. The molecule has 7 heteroatoms. The number of nitrogens with zero attached hydrogens (tertiary/aromatic N) is 1. The summed E-state index contributed by atoms with van der Waals surface area (Å²) in [5.74, 6) is -1.04. The number of aryl methyl sites for hydroxylation is 2. The molecule has 0 saturated heterocycles. The lowest BCUT2D eigenvalue weighted by molar-refractivity contribution is -0.116. The van der Waals surface area contributed by atoms with Gasteiger partial charge < -0.3 is 5.32 Å². The zero-order valence-electron chi connectivity index (χ0n) is 16.0. The van der Waals surface area contributed by atoms with Crippen LogP contribution in [0.25, 0.3) is 0 Å². The van der Waals surface area contributed by atoms with E-state index < -0.39 is 27.8 Å². The molecule has 1 N–H and O–H groups in total. The van der Waals surface area contributed by atoms with Crippen LogP contribution < -0.4 is 9.62 Å². The van der Waals surface area contributed by atoms with Gasteiger partial charge in [-0.05, 0) is 49.1 Å². The van der Waals surface area contributed by atoms with Crippen molar-refractivity contribution >= 4 is 27.3 Å². The fraction of sp³-hybridized carbons (Fsp3) is 0.350. The van der Waals surface area contributed by atoms with E-state index in [0.717, 1.165) is 40.6 Å². The molecule has 5 nitrogen and oxygen atoms in total. The number of carbonyl (C=O) groups excluding carboxylic acids is 1. The van der Waals surface area contributed by atoms with Crippen LogP contribution in [0.3, 0.4) is 0 Å². The van der Waals surface area contributed by atoms with Gasteiger partial charge in [-0.2, -0.15) is 0 Å². The summed E-state index contributed by atoms with van der Waals surface area (Å²) < 4.78 is 39.2. The lowest BCUT2D eigenvalue weighted by Crippen LogP contribution is -2.45. The number of sulfonamides is 1. The molecule has 0 radical (unpaired) electrons. The van der Waals surface area contributed by atoms with Gasteiger partial charge in [0.15, 0.2) is 0 Å². The highest BCUT2D eigenvalue weighted by Gasteiger charge is 2.30. The second-order valence-electron chi connectivity index (χ2n) is 6.36. The topological polar surface area (TPSA) is 66.5 Å². The van der Waals surface area contributed by atoms with E-state index in [-0.39, 0.29) is 5.69 Å². The number of hydrogen-bond acceptors (Lipinski definition) is 3. The third kappa shape index (κ3) is 4.86. The van der Waals surface area contributed by atoms with Crippen molar-refractivity contribution in [3.63, 3.8) is 0 Å². The van der Waals surface area contributed by atoms with Crippen molar-refractivity contribution in [1.82, 2.24) is 0 Å². The quantitative estimate of drug-likeness (QED) is 0.780. The predicted octanol–water partition coefficient (Wildman–Crippen LogP) is 3.74. The minimum atomic E-state index is -3.80. The molecule has 0 heterocycles. The summed E-state index contributed by atoms with van der Waals surface area (Å²) in [6, 6.07) is 9.95. The summed E-state index contributed by atoms with van der Waals surface area (Å²) in [4.78, 5) is 12.9. The van der Waals surface area contributed by atoms with Crippen LogP contribution in [0.5, 0.6) is 0 Å². The molecule has 1 atom stereocenters. The normalized spacial score (nSPS) is 12.5. The SMILES string of the molecule is CCc1cccc(CC)c1NC(=O)C(C)N(c1cccc(F)c1)S(C)(=O)=O. The molecule has 0 aromatic heterocycles. The molecule has 146 valence electrons. The average Bonchev–Trinajstić information content (AvgIpc) is 2.60. The van der Waals surface area contributed by atoms with Crippen LogP contribution in [0.15, 0.2) is 42.5 Å². The van der Waals surface area contributed by atoms with Crippen molar-refractivity contribution in [1.29, 1.82) is 0 Å². The smallest absolute Gasteiger partial charge is 0.248 e. The molecule has 2 aromatic rings. The Hall–Kier alpha value is -2.41. The fourth-order valence-corrected chi connectivity index (χ4v) is 4.22. The Kier molecular flexibility index (Phi) is 6.59. The summed E-state index contributed by atoms with van der Waals surface area (Å²) in [7, 11) is -3.80. The number of hydrogen-bond donors (Lipinski definition) is 1. The van der Waals surface area contributed by atoms with Crippen LogP contribution in [0.4, 0.5) is 15.8 Å². The van der Waals surface area contributed by atoms with Crippen LogP contribution in [-0.2, 0) is 27.7 Å². The monoisotopic (exact) mass is 392 g/mol. The van der Waals surface area contributed by atoms with Gasteiger partial charge in [0.25, 0.3) is 0 Å². The van der Waals surface area contributed by atoms with Gasteiger partial charge in [-0.25, -0.2) is 12.8 Å². The molecular weight excluding hydrogens is 367 g/mol. The molecule has 27 heavy (non-hydrogen) atoms. The minimum absolute atomic E-state index is 0.111. The number of para-hydroxylation sites is 1. The maximum absolute atomic E-state index is 13.6. The van der Waals surface area contributed by atoms with Crippen molar-refractivity contribution in [2.75, 3.05) is 15.9 Å². The van der Waals surface area contributed by atoms with E-state index in [0.29, 0.717) is 5.69 Å². The number of halogens is 1. The van der Waals surface area contributed by atoms with Gasteiger partial charge in [0.05, 0.1) is 11.9 Å². The highest BCUT2D eigenvalue weighted by Crippen LogP contribution is 2.25. The van der Waals surface area contributed by atoms with Gasteiger partial charge in [0.2, 0.25) is 15.9 Å². The van der Waals surface area contributed by atoms with Gasteiger partial charge in [-0.1, -0.05) is 38.1 Å². The molecule has 0 saturated carbocycles. The van der Waals surface area contributed by atoms with Crippen molar-refractivity contribution in [3.05, 3.63) is 59.4 Å². The number of anilines is 2. The molecule has 0 aliphatic rings. The number of rotatable bonds is 7. The van der Waals surface area contributed by atoms with Gasteiger partial charge in [-0.3, -0.25) is 9.10 Å². The summed E-state index contributed by atoms with van der Waals surface area (Å²) in [6.45, 7) is 5.47. The highest BCUT2D eigenvalue weighted by atomic mass is 32.2.